The van der Waals surface area contributed by atoms with E-state index in [0.29, 0.717) is 19.6 Å². The van der Waals surface area contributed by atoms with Crippen molar-refractivity contribution >= 4 is 0 Å². The van der Waals surface area contributed by atoms with E-state index in [2.05, 4.69) is 12.2 Å². The lowest BCUT2D eigenvalue weighted by atomic mass is 10.1. The van der Waals surface area contributed by atoms with Crippen LogP contribution in [0.3, 0.4) is 0 Å². The third kappa shape index (κ3) is 6.55. The van der Waals surface area contributed by atoms with Crippen LogP contribution in [-0.4, -0.2) is 23.9 Å². The molecule has 0 aromatic heterocycles. The summed E-state index contributed by atoms with van der Waals surface area (Å²) in [4.78, 5) is 0. The molecule has 108 valence electrons. The fourth-order valence-electron chi connectivity index (χ4n) is 1.59. The Labute approximate surface area is 114 Å². The third-order valence-corrected chi connectivity index (χ3v) is 2.72. The van der Waals surface area contributed by atoms with E-state index >= 15 is 0 Å². The van der Waals surface area contributed by atoms with Crippen molar-refractivity contribution in [2.75, 3.05) is 13.2 Å². The van der Waals surface area contributed by atoms with E-state index in [1.54, 1.807) is 19.9 Å². The molecule has 0 atom stereocenters. The van der Waals surface area contributed by atoms with Crippen LogP contribution >= 0.6 is 0 Å². The second-order valence-electron chi connectivity index (χ2n) is 5.35. The summed E-state index contributed by atoms with van der Waals surface area (Å²) in [5.41, 5.74) is 0.112. The van der Waals surface area contributed by atoms with Crippen molar-refractivity contribution in [3.8, 4) is 5.75 Å². The lowest BCUT2D eigenvalue weighted by Gasteiger charge is -2.17. The normalized spacial score (nSPS) is 11.6. The quantitative estimate of drug-likeness (QED) is 0.713. The molecule has 0 saturated carbocycles. The van der Waals surface area contributed by atoms with Crippen LogP contribution in [0.1, 0.15) is 39.2 Å². The van der Waals surface area contributed by atoms with Crippen LogP contribution in [0, 0.1) is 5.82 Å². The maximum Gasteiger partial charge on any atom is 0.165 e. The zero-order chi connectivity index (χ0) is 14.3. The first-order chi connectivity index (χ1) is 8.92. The Hall–Kier alpha value is -1.13. The minimum Gasteiger partial charge on any atom is -0.490 e. The highest BCUT2D eigenvalue weighted by atomic mass is 19.1. The van der Waals surface area contributed by atoms with Gasteiger partial charge in [0, 0.05) is 13.0 Å². The number of aliphatic hydroxyl groups is 1. The molecule has 0 aliphatic carbocycles. The molecule has 1 aromatic carbocycles. The van der Waals surface area contributed by atoms with Gasteiger partial charge >= 0.3 is 0 Å². The number of benzene rings is 1. The zero-order valence-electron chi connectivity index (χ0n) is 12.0. The summed E-state index contributed by atoms with van der Waals surface area (Å²) in [5, 5.41) is 12.8. The van der Waals surface area contributed by atoms with E-state index in [4.69, 9.17) is 4.74 Å². The molecular formula is C15H24FNO2. The SMILES string of the molecule is CCCNCc1ccc(OCCC(C)(C)O)c(F)c1. The summed E-state index contributed by atoms with van der Waals surface area (Å²) in [6.07, 6.45) is 1.52. The molecule has 0 bridgehead atoms. The minimum absolute atomic E-state index is 0.239. The van der Waals surface area contributed by atoms with Crippen molar-refractivity contribution < 1.29 is 14.2 Å². The van der Waals surface area contributed by atoms with E-state index < -0.39 is 5.60 Å². The first-order valence-corrected chi connectivity index (χ1v) is 6.76. The van der Waals surface area contributed by atoms with Crippen molar-refractivity contribution in [2.45, 2.75) is 45.8 Å². The molecule has 0 aliphatic rings. The molecule has 3 nitrogen and oxygen atoms in total. The highest BCUT2D eigenvalue weighted by Gasteiger charge is 2.13. The van der Waals surface area contributed by atoms with Crippen LogP contribution in [0.5, 0.6) is 5.75 Å². The fourth-order valence-corrected chi connectivity index (χ4v) is 1.59. The lowest BCUT2D eigenvalue weighted by Crippen LogP contribution is -2.22. The first-order valence-electron chi connectivity index (χ1n) is 6.76. The highest BCUT2D eigenvalue weighted by Crippen LogP contribution is 2.19. The predicted molar refractivity (Wildman–Crippen MR) is 74.8 cm³/mol. The van der Waals surface area contributed by atoms with Gasteiger partial charge in [-0.05, 0) is 44.5 Å². The molecule has 0 heterocycles. The molecule has 1 rings (SSSR count). The largest absolute Gasteiger partial charge is 0.490 e. The summed E-state index contributed by atoms with van der Waals surface area (Å²) in [5.74, 6) is -0.116. The summed E-state index contributed by atoms with van der Waals surface area (Å²) < 4.78 is 19.1. The summed E-state index contributed by atoms with van der Waals surface area (Å²) in [6.45, 7) is 7.38. The molecule has 0 saturated heterocycles. The van der Waals surface area contributed by atoms with Gasteiger partial charge in [-0.1, -0.05) is 13.0 Å². The Kier molecular flexibility index (Phi) is 6.25. The molecule has 0 radical (unpaired) electrons. The van der Waals surface area contributed by atoms with Gasteiger partial charge in [0.25, 0.3) is 0 Å². The fraction of sp³-hybridized carbons (Fsp3) is 0.600. The van der Waals surface area contributed by atoms with Crippen LogP contribution in [0.2, 0.25) is 0 Å². The van der Waals surface area contributed by atoms with Gasteiger partial charge < -0.3 is 15.2 Å². The first kappa shape index (κ1) is 15.9. The van der Waals surface area contributed by atoms with Crippen LogP contribution in [0.25, 0.3) is 0 Å². The third-order valence-electron chi connectivity index (χ3n) is 2.72. The van der Waals surface area contributed by atoms with Crippen LogP contribution in [0.4, 0.5) is 4.39 Å². The van der Waals surface area contributed by atoms with Gasteiger partial charge in [0.2, 0.25) is 0 Å². The van der Waals surface area contributed by atoms with Crippen LogP contribution in [0.15, 0.2) is 18.2 Å². The van der Waals surface area contributed by atoms with E-state index in [9.17, 15) is 9.50 Å². The lowest BCUT2D eigenvalue weighted by molar-refractivity contribution is 0.0547. The van der Waals surface area contributed by atoms with Crippen LogP contribution < -0.4 is 10.1 Å². The monoisotopic (exact) mass is 269 g/mol. The number of ether oxygens (including phenoxy) is 1. The van der Waals surface area contributed by atoms with Gasteiger partial charge in [0.15, 0.2) is 11.6 Å². The molecule has 0 amide bonds. The van der Waals surface area contributed by atoms with Crippen molar-refractivity contribution in [2.24, 2.45) is 0 Å². The molecule has 2 N–H and O–H groups in total. The van der Waals surface area contributed by atoms with Crippen molar-refractivity contribution in [1.82, 2.24) is 5.32 Å². The molecule has 4 heteroatoms. The second-order valence-corrected chi connectivity index (χ2v) is 5.35. The molecule has 0 aliphatic heterocycles. The molecule has 0 fully saturated rings. The number of hydrogen-bond donors (Lipinski definition) is 2. The average Bonchev–Trinajstić information content (AvgIpc) is 2.31. The van der Waals surface area contributed by atoms with Gasteiger partial charge in [0.1, 0.15) is 0 Å². The number of halogens is 1. The minimum atomic E-state index is -0.791. The predicted octanol–water partition coefficient (Wildman–Crippen LogP) is 2.87. The molecule has 19 heavy (non-hydrogen) atoms. The van der Waals surface area contributed by atoms with Crippen LogP contribution in [-0.2, 0) is 6.54 Å². The Morgan fingerprint density at radius 3 is 2.68 bits per heavy atom. The molecule has 0 spiro atoms. The Bertz CT molecular complexity index is 388. The standard InChI is InChI=1S/C15H24FNO2/c1-4-8-17-11-12-5-6-14(13(16)10-12)19-9-7-15(2,3)18/h5-6,10,17-18H,4,7-9,11H2,1-3H3. The second kappa shape index (κ2) is 7.46. The van der Waals surface area contributed by atoms with Crippen molar-refractivity contribution in [1.29, 1.82) is 0 Å². The summed E-state index contributed by atoms with van der Waals surface area (Å²) >= 11 is 0. The number of nitrogens with one attached hydrogen (secondary N) is 1. The summed E-state index contributed by atoms with van der Waals surface area (Å²) in [7, 11) is 0. The van der Waals surface area contributed by atoms with E-state index in [0.717, 1.165) is 18.5 Å². The molecule has 0 unspecified atom stereocenters. The highest BCUT2D eigenvalue weighted by molar-refractivity contribution is 5.29. The van der Waals surface area contributed by atoms with Gasteiger partial charge in [-0.2, -0.15) is 0 Å². The summed E-state index contributed by atoms with van der Waals surface area (Å²) in [6, 6.07) is 4.98. The molecule has 1 aromatic rings. The number of hydrogen-bond acceptors (Lipinski definition) is 3. The van der Waals surface area contributed by atoms with E-state index in [-0.39, 0.29) is 11.6 Å². The maximum atomic E-state index is 13.8. The average molecular weight is 269 g/mol. The van der Waals surface area contributed by atoms with E-state index in [1.807, 2.05) is 6.07 Å². The smallest absolute Gasteiger partial charge is 0.165 e. The van der Waals surface area contributed by atoms with Gasteiger partial charge in [-0.15, -0.1) is 0 Å². The van der Waals surface area contributed by atoms with Gasteiger partial charge in [-0.25, -0.2) is 4.39 Å². The van der Waals surface area contributed by atoms with Crippen molar-refractivity contribution in [3.05, 3.63) is 29.6 Å². The van der Waals surface area contributed by atoms with Gasteiger partial charge in [-0.3, -0.25) is 0 Å². The zero-order valence-corrected chi connectivity index (χ0v) is 12.0. The Morgan fingerprint density at radius 1 is 1.37 bits per heavy atom. The van der Waals surface area contributed by atoms with E-state index in [1.165, 1.54) is 6.07 Å². The van der Waals surface area contributed by atoms with Gasteiger partial charge in [0.05, 0.1) is 12.2 Å². The topological polar surface area (TPSA) is 41.5 Å². The van der Waals surface area contributed by atoms with Crippen molar-refractivity contribution in [3.63, 3.8) is 0 Å². The maximum absolute atomic E-state index is 13.8. The molecular weight excluding hydrogens is 245 g/mol. The number of rotatable bonds is 8. The Balaban J connectivity index is 2.48. The Morgan fingerprint density at radius 2 is 2.11 bits per heavy atom.